The van der Waals surface area contributed by atoms with Crippen LogP contribution in [0.4, 0.5) is 11.6 Å². The number of fused-ring (bicyclic) bond motifs is 1. The molecule has 0 unspecified atom stereocenters. The van der Waals surface area contributed by atoms with E-state index in [0.717, 1.165) is 0 Å². The van der Waals surface area contributed by atoms with Crippen LogP contribution in [0.25, 0.3) is 0 Å². The first-order chi connectivity index (χ1) is 11.4. The predicted molar refractivity (Wildman–Crippen MR) is 90.9 cm³/mol. The summed E-state index contributed by atoms with van der Waals surface area (Å²) in [5.41, 5.74) is 0.572. The van der Waals surface area contributed by atoms with E-state index >= 15 is 0 Å². The molecule has 126 valence electrons. The Morgan fingerprint density at radius 1 is 1.50 bits per heavy atom. The van der Waals surface area contributed by atoms with Crippen molar-refractivity contribution in [1.29, 1.82) is 0 Å². The van der Waals surface area contributed by atoms with Gasteiger partial charge in [0, 0.05) is 17.1 Å². The largest absolute Gasteiger partial charge is 0.324 e. The first-order valence-corrected chi connectivity index (χ1v) is 8.12. The van der Waals surface area contributed by atoms with Crippen LogP contribution in [0.5, 0.6) is 0 Å². The van der Waals surface area contributed by atoms with Crippen molar-refractivity contribution >= 4 is 35.1 Å². The van der Waals surface area contributed by atoms with Gasteiger partial charge < -0.3 is 5.32 Å². The molecule has 1 aliphatic rings. The minimum Gasteiger partial charge on any atom is -0.324 e. The van der Waals surface area contributed by atoms with Gasteiger partial charge >= 0.3 is 0 Å². The number of hydrogen-bond acceptors (Lipinski definition) is 4. The third kappa shape index (κ3) is 3.56. The van der Waals surface area contributed by atoms with Gasteiger partial charge in [0.15, 0.2) is 5.82 Å². The zero-order valence-electron chi connectivity index (χ0n) is 13.4. The van der Waals surface area contributed by atoms with Crippen LogP contribution in [0.3, 0.4) is 0 Å². The summed E-state index contributed by atoms with van der Waals surface area (Å²) in [6.45, 7) is 4.11. The molecule has 0 radical (unpaired) electrons. The lowest BCUT2D eigenvalue weighted by Crippen LogP contribution is -2.36. The molecule has 1 atom stereocenters. The second-order valence-corrected chi connectivity index (χ2v) is 6.60. The Balaban J connectivity index is 1.84. The van der Waals surface area contributed by atoms with Gasteiger partial charge in [0.1, 0.15) is 6.04 Å². The fraction of sp³-hybridized carbons (Fsp3) is 0.375. The highest BCUT2D eigenvalue weighted by Crippen LogP contribution is 2.25. The SMILES string of the molecule is CC(C)Cc1nc2n(n1)[C@H](C(=O)Nc1cccc(Cl)c1)CC(=O)N2. The van der Waals surface area contributed by atoms with E-state index in [1.165, 1.54) is 4.68 Å². The molecule has 24 heavy (non-hydrogen) atoms. The van der Waals surface area contributed by atoms with Crippen molar-refractivity contribution in [1.82, 2.24) is 14.8 Å². The summed E-state index contributed by atoms with van der Waals surface area (Å²) in [5.74, 6) is 0.728. The highest BCUT2D eigenvalue weighted by atomic mass is 35.5. The van der Waals surface area contributed by atoms with E-state index in [1.807, 2.05) is 0 Å². The van der Waals surface area contributed by atoms with Gasteiger partial charge in [0.2, 0.25) is 17.8 Å². The Kier molecular flexibility index (Phi) is 4.53. The van der Waals surface area contributed by atoms with E-state index in [-0.39, 0.29) is 18.2 Å². The molecule has 3 rings (SSSR count). The molecule has 2 heterocycles. The lowest BCUT2D eigenvalue weighted by Gasteiger charge is -2.22. The van der Waals surface area contributed by atoms with E-state index < -0.39 is 6.04 Å². The molecule has 2 N–H and O–H groups in total. The molecular weight excluding hydrogens is 330 g/mol. The Morgan fingerprint density at radius 2 is 2.29 bits per heavy atom. The summed E-state index contributed by atoms with van der Waals surface area (Å²) in [7, 11) is 0. The molecule has 0 fully saturated rings. The number of benzene rings is 1. The Morgan fingerprint density at radius 3 is 3.00 bits per heavy atom. The fourth-order valence-corrected chi connectivity index (χ4v) is 2.75. The number of nitrogens with zero attached hydrogens (tertiary/aromatic N) is 3. The van der Waals surface area contributed by atoms with Crippen molar-refractivity contribution in [2.75, 3.05) is 10.6 Å². The monoisotopic (exact) mass is 347 g/mol. The maximum absolute atomic E-state index is 12.6. The number of rotatable bonds is 4. The summed E-state index contributed by atoms with van der Waals surface area (Å²) in [5, 5.41) is 10.3. The first kappa shape index (κ1) is 16.4. The third-order valence-electron chi connectivity index (χ3n) is 3.59. The van der Waals surface area contributed by atoms with Crippen molar-refractivity contribution < 1.29 is 9.59 Å². The quantitative estimate of drug-likeness (QED) is 0.889. The predicted octanol–water partition coefficient (Wildman–Crippen LogP) is 2.65. The van der Waals surface area contributed by atoms with E-state index in [1.54, 1.807) is 24.3 Å². The lowest BCUT2D eigenvalue weighted by molar-refractivity contribution is -0.125. The lowest BCUT2D eigenvalue weighted by atomic mass is 10.1. The molecule has 7 nitrogen and oxygen atoms in total. The van der Waals surface area contributed by atoms with Gasteiger partial charge in [-0.05, 0) is 24.1 Å². The number of anilines is 2. The maximum atomic E-state index is 12.6. The van der Waals surface area contributed by atoms with Crippen LogP contribution in [0.15, 0.2) is 24.3 Å². The van der Waals surface area contributed by atoms with Gasteiger partial charge in [-0.2, -0.15) is 10.1 Å². The molecule has 1 aromatic carbocycles. The highest BCUT2D eigenvalue weighted by Gasteiger charge is 2.33. The smallest absolute Gasteiger partial charge is 0.249 e. The highest BCUT2D eigenvalue weighted by molar-refractivity contribution is 6.30. The van der Waals surface area contributed by atoms with Gasteiger partial charge in [0.25, 0.3) is 0 Å². The number of carbonyl (C=O) groups excluding carboxylic acids is 2. The molecule has 1 aromatic heterocycles. The van der Waals surface area contributed by atoms with Gasteiger partial charge in [0.05, 0.1) is 6.42 Å². The normalized spacial score (nSPS) is 16.7. The summed E-state index contributed by atoms with van der Waals surface area (Å²) < 4.78 is 1.49. The standard InChI is InChI=1S/C16H18ClN5O2/c1-9(2)6-13-19-16-20-14(23)8-12(22(16)21-13)15(24)18-11-5-3-4-10(17)7-11/h3-5,7,9,12H,6,8H2,1-2H3,(H,18,24)(H,19,20,21,23)/t12-/m0/s1. The molecule has 2 aromatic rings. The second kappa shape index (κ2) is 6.60. The molecule has 2 amide bonds. The zero-order valence-corrected chi connectivity index (χ0v) is 14.2. The van der Waals surface area contributed by atoms with E-state index in [0.29, 0.717) is 34.8 Å². The Hall–Kier alpha value is -2.41. The Bertz CT molecular complexity index is 787. The third-order valence-corrected chi connectivity index (χ3v) is 3.82. The van der Waals surface area contributed by atoms with Crippen molar-refractivity contribution in [3.05, 3.63) is 35.1 Å². The minimum absolute atomic E-state index is 0.0177. The molecule has 8 heteroatoms. The topological polar surface area (TPSA) is 88.9 Å². The van der Waals surface area contributed by atoms with Crippen LogP contribution in [0.1, 0.15) is 32.1 Å². The molecule has 0 bridgehead atoms. The van der Waals surface area contributed by atoms with Gasteiger partial charge in [-0.15, -0.1) is 0 Å². The number of hydrogen-bond donors (Lipinski definition) is 2. The zero-order chi connectivity index (χ0) is 17.3. The van der Waals surface area contributed by atoms with Crippen LogP contribution < -0.4 is 10.6 Å². The van der Waals surface area contributed by atoms with Crippen LogP contribution >= 0.6 is 11.6 Å². The number of carbonyl (C=O) groups is 2. The summed E-state index contributed by atoms with van der Waals surface area (Å²) in [4.78, 5) is 28.8. The summed E-state index contributed by atoms with van der Waals surface area (Å²) in [6, 6.07) is 6.11. The van der Waals surface area contributed by atoms with Crippen LogP contribution in [0, 0.1) is 5.92 Å². The average Bonchev–Trinajstić information content (AvgIpc) is 2.87. The molecule has 0 saturated heterocycles. The fourth-order valence-electron chi connectivity index (χ4n) is 2.56. The number of aromatic nitrogens is 3. The van der Waals surface area contributed by atoms with Crippen molar-refractivity contribution in [3.8, 4) is 0 Å². The van der Waals surface area contributed by atoms with Gasteiger partial charge in [-0.25, -0.2) is 4.68 Å². The number of halogens is 1. The van der Waals surface area contributed by atoms with E-state index in [2.05, 4.69) is 34.6 Å². The first-order valence-electron chi connectivity index (χ1n) is 7.74. The average molecular weight is 348 g/mol. The van der Waals surface area contributed by atoms with Crippen LogP contribution in [-0.2, 0) is 16.0 Å². The van der Waals surface area contributed by atoms with E-state index in [9.17, 15) is 9.59 Å². The van der Waals surface area contributed by atoms with Crippen molar-refractivity contribution in [2.45, 2.75) is 32.7 Å². The number of nitrogens with one attached hydrogen (secondary N) is 2. The second-order valence-electron chi connectivity index (χ2n) is 6.16. The van der Waals surface area contributed by atoms with Gasteiger partial charge in [-0.3, -0.25) is 14.9 Å². The minimum atomic E-state index is -0.735. The van der Waals surface area contributed by atoms with Crippen molar-refractivity contribution in [2.24, 2.45) is 5.92 Å². The number of amides is 2. The van der Waals surface area contributed by atoms with Gasteiger partial charge in [-0.1, -0.05) is 31.5 Å². The molecule has 0 aliphatic carbocycles. The van der Waals surface area contributed by atoms with Crippen LogP contribution in [-0.4, -0.2) is 26.6 Å². The van der Waals surface area contributed by atoms with Crippen molar-refractivity contribution in [3.63, 3.8) is 0 Å². The molecule has 0 saturated carbocycles. The Labute approximate surface area is 144 Å². The molecule has 1 aliphatic heterocycles. The molecule has 0 spiro atoms. The maximum Gasteiger partial charge on any atom is 0.249 e. The summed E-state index contributed by atoms with van der Waals surface area (Å²) >= 11 is 5.93. The molecular formula is C16H18ClN5O2. The summed E-state index contributed by atoms with van der Waals surface area (Å²) in [6.07, 6.45) is 0.697. The van der Waals surface area contributed by atoms with E-state index in [4.69, 9.17) is 11.6 Å². The van der Waals surface area contributed by atoms with Crippen LogP contribution in [0.2, 0.25) is 5.02 Å².